The van der Waals surface area contributed by atoms with Gasteiger partial charge in [0.1, 0.15) is 23.9 Å². The minimum Gasteiger partial charge on any atom is -0.491 e. The number of unbranched alkanes of at least 4 members (excludes halogenated alkanes) is 3. The fourth-order valence-electron chi connectivity index (χ4n) is 4.00. The Hall–Kier alpha value is -3.19. The molecule has 0 bridgehead atoms. The highest BCUT2D eigenvalue weighted by Crippen LogP contribution is 2.21. The fourth-order valence-corrected chi connectivity index (χ4v) is 4.00. The van der Waals surface area contributed by atoms with Crippen molar-refractivity contribution in [3.63, 3.8) is 0 Å². The van der Waals surface area contributed by atoms with Crippen LogP contribution in [0.5, 0.6) is 5.75 Å². The smallest absolute Gasteiger partial charge is 0.154 e. The zero-order chi connectivity index (χ0) is 28.3. The van der Waals surface area contributed by atoms with Crippen molar-refractivity contribution in [2.24, 2.45) is 4.99 Å². The van der Waals surface area contributed by atoms with Gasteiger partial charge in [-0.1, -0.05) is 47.1 Å². The number of aromatic nitrogens is 2. The molecule has 7 nitrogen and oxygen atoms in total. The van der Waals surface area contributed by atoms with Gasteiger partial charge in [0, 0.05) is 32.3 Å². The van der Waals surface area contributed by atoms with E-state index in [1.165, 1.54) is 0 Å². The Morgan fingerprint density at radius 2 is 1.82 bits per heavy atom. The quantitative estimate of drug-likeness (QED) is 0.211. The summed E-state index contributed by atoms with van der Waals surface area (Å²) < 4.78 is 18.2. The molecule has 0 fully saturated rings. The molecule has 0 spiro atoms. The zero-order valence-corrected chi connectivity index (χ0v) is 24.5. The maximum Gasteiger partial charge on any atom is 0.154 e. The molecule has 0 amide bonds. The van der Waals surface area contributed by atoms with Crippen LogP contribution in [0.4, 0.5) is 0 Å². The molecule has 7 heteroatoms. The number of hydrogen-bond donors (Lipinski definition) is 0. The second-order valence-electron chi connectivity index (χ2n) is 8.38. The predicted octanol–water partition coefficient (Wildman–Crippen LogP) is 7.03. The summed E-state index contributed by atoms with van der Waals surface area (Å²) in [5.41, 5.74) is 4.47. The molecule has 2 heterocycles. The Morgan fingerprint density at radius 1 is 1.08 bits per heavy atom. The van der Waals surface area contributed by atoms with Crippen LogP contribution in [0.3, 0.4) is 0 Å². The normalized spacial score (nSPS) is 10.9. The lowest BCUT2D eigenvalue weighted by molar-refractivity contribution is -0.118. The summed E-state index contributed by atoms with van der Waals surface area (Å²) in [6, 6.07) is 9.55. The summed E-state index contributed by atoms with van der Waals surface area (Å²) in [5.74, 6) is 1.72. The highest BCUT2D eigenvalue weighted by atomic mass is 16.5. The minimum absolute atomic E-state index is 0.226. The van der Waals surface area contributed by atoms with Crippen LogP contribution >= 0.6 is 0 Å². The molecule has 3 rings (SSSR count). The SMILES string of the molecule is C=C(C)n1c(=NC)c(CCCCCCC(=O)Cc2ccco2)nc2cc(OCCOC)ccc21.CC.CC. The fraction of sp³-hybridized carbons (Fsp3) is 0.516. The first-order chi connectivity index (χ1) is 18.5. The van der Waals surface area contributed by atoms with Crippen molar-refractivity contribution < 1.29 is 18.7 Å². The monoisotopic (exact) mass is 525 g/mol. The first-order valence-electron chi connectivity index (χ1n) is 13.8. The molecule has 0 saturated carbocycles. The lowest BCUT2D eigenvalue weighted by atomic mass is 10.1. The summed E-state index contributed by atoms with van der Waals surface area (Å²) in [7, 11) is 3.45. The van der Waals surface area contributed by atoms with Crippen LogP contribution in [0, 0.1) is 0 Å². The molecule has 0 radical (unpaired) electrons. The summed E-state index contributed by atoms with van der Waals surface area (Å²) in [5, 5.41) is 0. The lowest BCUT2D eigenvalue weighted by Crippen LogP contribution is -2.26. The number of fused-ring (bicyclic) bond motifs is 1. The third kappa shape index (κ3) is 10.3. The standard InChI is InChI=1S/C27H35N3O4.2C2H6/c1-20(2)30-26-14-13-23(34-17-16-32-4)19-25(26)29-24(27(30)28-3)12-8-6-5-7-10-21(31)18-22-11-9-15-33-22;2*1-2/h9,11,13-15,19H,1,5-8,10,12,16-18H2,2-4H3;2*1-2H3. The van der Waals surface area contributed by atoms with E-state index in [1.54, 1.807) is 20.4 Å². The van der Waals surface area contributed by atoms with Gasteiger partial charge in [-0.05, 0) is 50.5 Å². The number of Topliss-reactive ketones (excluding diaryl/α,β-unsaturated/α-hetero) is 1. The molecule has 0 saturated heterocycles. The number of ketones is 1. The van der Waals surface area contributed by atoms with Gasteiger partial charge in [0.05, 0.1) is 36.0 Å². The van der Waals surface area contributed by atoms with E-state index in [9.17, 15) is 4.79 Å². The van der Waals surface area contributed by atoms with E-state index in [0.717, 1.165) is 71.5 Å². The van der Waals surface area contributed by atoms with Crippen molar-refractivity contribution in [2.75, 3.05) is 27.4 Å². The highest BCUT2D eigenvalue weighted by molar-refractivity contribution is 5.80. The summed E-state index contributed by atoms with van der Waals surface area (Å²) >= 11 is 0. The van der Waals surface area contributed by atoms with E-state index >= 15 is 0 Å². The molecule has 2 aromatic heterocycles. The number of carbonyl (C=O) groups excluding carboxylic acids is 1. The van der Waals surface area contributed by atoms with Crippen molar-refractivity contribution in [2.45, 2.75) is 79.6 Å². The largest absolute Gasteiger partial charge is 0.491 e. The van der Waals surface area contributed by atoms with Gasteiger partial charge in [-0.25, -0.2) is 4.98 Å². The highest BCUT2D eigenvalue weighted by Gasteiger charge is 2.12. The van der Waals surface area contributed by atoms with E-state index in [4.69, 9.17) is 18.9 Å². The molecule has 0 N–H and O–H groups in total. The molecule has 3 aromatic rings. The average molecular weight is 526 g/mol. The van der Waals surface area contributed by atoms with Crippen LogP contribution in [-0.2, 0) is 22.4 Å². The number of rotatable bonds is 14. The van der Waals surface area contributed by atoms with Gasteiger partial charge in [0.15, 0.2) is 5.49 Å². The number of ether oxygens (including phenoxy) is 2. The van der Waals surface area contributed by atoms with Gasteiger partial charge in [-0.3, -0.25) is 14.4 Å². The number of furan rings is 1. The molecule has 0 unspecified atom stereocenters. The minimum atomic E-state index is 0.226. The molecule has 38 heavy (non-hydrogen) atoms. The molecule has 0 atom stereocenters. The van der Waals surface area contributed by atoms with Crippen molar-refractivity contribution in [3.8, 4) is 5.75 Å². The third-order valence-corrected chi connectivity index (χ3v) is 5.63. The van der Waals surface area contributed by atoms with Crippen LogP contribution < -0.4 is 10.2 Å². The molecule has 210 valence electrons. The third-order valence-electron chi connectivity index (χ3n) is 5.63. The maximum absolute atomic E-state index is 12.1. The first-order valence-corrected chi connectivity index (χ1v) is 13.8. The Labute approximate surface area is 228 Å². The number of hydrogen-bond acceptors (Lipinski definition) is 6. The average Bonchev–Trinajstić information content (AvgIpc) is 3.45. The predicted molar refractivity (Wildman–Crippen MR) is 156 cm³/mol. The topological polar surface area (TPSA) is 78.9 Å². The van der Waals surface area contributed by atoms with Gasteiger partial charge in [0.25, 0.3) is 0 Å². The van der Waals surface area contributed by atoms with Crippen LogP contribution in [0.15, 0.2) is 52.6 Å². The Bertz CT molecular complexity index is 1160. The van der Waals surface area contributed by atoms with E-state index in [1.807, 2.05) is 65.0 Å². The Balaban J connectivity index is 0.00000172. The first kappa shape index (κ1) is 32.8. The van der Waals surface area contributed by atoms with E-state index < -0.39 is 0 Å². The molecular formula is C31H47N3O4. The Kier molecular flexibility index (Phi) is 16.4. The maximum atomic E-state index is 12.1. The van der Waals surface area contributed by atoms with Gasteiger partial charge in [-0.15, -0.1) is 0 Å². The van der Waals surface area contributed by atoms with Gasteiger partial charge in [-0.2, -0.15) is 0 Å². The van der Waals surface area contributed by atoms with Crippen molar-refractivity contribution >= 4 is 22.5 Å². The summed E-state index contributed by atoms with van der Waals surface area (Å²) in [6.07, 6.45) is 7.30. The van der Waals surface area contributed by atoms with E-state index in [2.05, 4.69) is 16.1 Å². The van der Waals surface area contributed by atoms with Gasteiger partial charge in [0.2, 0.25) is 0 Å². The lowest BCUT2D eigenvalue weighted by Gasteiger charge is -2.15. The number of aryl methyl sites for hydroxylation is 1. The van der Waals surface area contributed by atoms with Crippen LogP contribution in [0.1, 0.15) is 78.2 Å². The molecule has 1 aromatic carbocycles. The van der Waals surface area contributed by atoms with Crippen LogP contribution in [0.2, 0.25) is 0 Å². The molecular weight excluding hydrogens is 478 g/mol. The van der Waals surface area contributed by atoms with Crippen LogP contribution in [0.25, 0.3) is 16.7 Å². The summed E-state index contributed by atoms with van der Waals surface area (Å²) in [4.78, 5) is 21.5. The van der Waals surface area contributed by atoms with Gasteiger partial charge >= 0.3 is 0 Å². The zero-order valence-electron chi connectivity index (χ0n) is 24.5. The van der Waals surface area contributed by atoms with Crippen LogP contribution in [-0.4, -0.2) is 42.7 Å². The molecule has 0 aliphatic rings. The molecule has 0 aliphatic heterocycles. The van der Waals surface area contributed by atoms with Gasteiger partial charge < -0.3 is 13.9 Å². The van der Waals surface area contributed by atoms with Crippen molar-refractivity contribution in [3.05, 3.63) is 60.1 Å². The molecule has 0 aliphatic carbocycles. The number of benzene rings is 1. The number of nitrogens with zero attached hydrogens (tertiary/aromatic N) is 3. The second-order valence-corrected chi connectivity index (χ2v) is 8.38. The van der Waals surface area contributed by atoms with E-state index in [-0.39, 0.29) is 5.78 Å². The second kappa shape index (κ2) is 19.0. The van der Waals surface area contributed by atoms with Crippen molar-refractivity contribution in [1.29, 1.82) is 0 Å². The van der Waals surface area contributed by atoms with E-state index in [0.29, 0.717) is 26.1 Å². The summed E-state index contributed by atoms with van der Waals surface area (Å²) in [6.45, 7) is 15.2. The Morgan fingerprint density at radius 3 is 2.45 bits per heavy atom. The number of carbonyl (C=O) groups is 1. The van der Waals surface area contributed by atoms with Crippen molar-refractivity contribution in [1.82, 2.24) is 9.55 Å². The number of methoxy groups -OCH3 is 1. The number of allylic oxidation sites excluding steroid dienone is 1.